The van der Waals surface area contributed by atoms with Gasteiger partial charge in [0.15, 0.2) is 0 Å². The maximum absolute atomic E-state index is 12.5. The normalized spacial score (nSPS) is 11.3. The van der Waals surface area contributed by atoms with E-state index >= 15 is 0 Å². The molecule has 4 rings (SSSR count). The number of benzene rings is 3. The van der Waals surface area contributed by atoms with Gasteiger partial charge in [0, 0.05) is 16.1 Å². The quantitative estimate of drug-likeness (QED) is 0.0994. The first-order chi connectivity index (χ1) is 18.8. The molecule has 0 unspecified atom stereocenters. The summed E-state index contributed by atoms with van der Waals surface area (Å²) < 4.78 is 12.3. The van der Waals surface area contributed by atoms with Crippen LogP contribution in [0.3, 0.4) is 0 Å². The molecule has 39 heavy (non-hydrogen) atoms. The molecule has 1 aromatic heterocycles. The number of esters is 1. The maximum atomic E-state index is 12.5. The molecule has 202 valence electrons. The zero-order valence-corrected chi connectivity index (χ0v) is 23.1. The monoisotopic (exact) mass is 546 g/mol. The highest BCUT2D eigenvalue weighted by Gasteiger charge is 2.20. The van der Waals surface area contributed by atoms with Crippen LogP contribution in [-0.4, -0.2) is 42.6 Å². The van der Waals surface area contributed by atoms with Gasteiger partial charge in [0.1, 0.15) is 18.1 Å². The van der Waals surface area contributed by atoms with E-state index in [1.54, 1.807) is 32.2 Å². The number of halogens is 1. The predicted molar refractivity (Wildman–Crippen MR) is 157 cm³/mol. The zero-order valence-electron chi connectivity index (χ0n) is 22.3. The third-order valence-corrected chi connectivity index (χ3v) is 6.22. The van der Waals surface area contributed by atoms with Gasteiger partial charge in [0.05, 0.1) is 30.9 Å². The van der Waals surface area contributed by atoms with E-state index in [9.17, 15) is 9.59 Å². The van der Waals surface area contributed by atoms with Crippen LogP contribution in [-0.2, 0) is 20.7 Å². The van der Waals surface area contributed by atoms with E-state index < -0.39 is 5.97 Å². The molecule has 0 atom stereocenters. The van der Waals surface area contributed by atoms with E-state index in [4.69, 9.17) is 26.9 Å². The minimum atomic E-state index is -0.483. The SMILES string of the molecule is COc1cccc2c1c(CC(=O)OC/C(C=Nc1ccc(C)cc1)=N/N)c(C)n2C=O.Cc1ccc(Cl)cc1. The molecule has 0 spiro atoms. The minimum absolute atomic E-state index is 0.0312. The van der Waals surface area contributed by atoms with Gasteiger partial charge in [-0.1, -0.05) is 53.1 Å². The van der Waals surface area contributed by atoms with Gasteiger partial charge in [-0.3, -0.25) is 19.1 Å². The molecule has 4 aromatic rings. The highest BCUT2D eigenvalue weighted by molar-refractivity contribution is 6.32. The Balaban J connectivity index is 0.000000449. The van der Waals surface area contributed by atoms with Crippen LogP contribution in [0, 0.1) is 20.8 Å². The fraction of sp³-hybridized carbons (Fsp3) is 0.200. The highest BCUT2D eigenvalue weighted by atomic mass is 35.5. The number of aryl methyl sites for hydroxylation is 2. The number of aromatic nitrogens is 1. The zero-order chi connectivity index (χ0) is 28.4. The first kappa shape index (κ1) is 29.1. The lowest BCUT2D eigenvalue weighted by Crippen LogP contribution is -2.18. The summed E-state index contributed by atoms with van der Waals surface area (Å²) in [4.78, 5) is 28.4. The number of hydrogen-bond acceptors (Lipinski definition) is 7. The van der Waals surface area contributed by atoms with Crippen molar-refractivity contribution in [3.05, 3.63) is 94.1 Å². The Morgan fingerprint density at radius 1 is 1.00 bits per heavy atom. The Kier molecular flexibility index (Phi) is 10.4. The van der Waals surface area contributed by atoms with Gasteiger partial charge in [0.2, 0.25) is 6.41 Å². The number of fused-ring (bicyclic) bond motifs is 1. The molecule has 2 N–H and O–H groups in total. The Morgan fingerprint density at radius 3 is 2.21 bits per heavy atom. The van der Waals surface area contributed by atoms with Crippen molar-refractivity contribution in [2.45, 2.75) is 27.2 Å². The molecule has 0 fully saturated rings. The van der Waals surface area contributed by atoms with E-state index in [1.165, 1.54) is 16.3 Å². The number of nitrogens with zero attached hydrogens (tertiary/aromatic N) is 3. The fourth-order valence-electron chi connectivity index (χ4n) is 3.82. The van der Waals surface area contributed by atoms with Crippen molar-refractivity contribution >= 4 is 52.5 Å². The van der Waals surface area contributed by atoms with Crippen LogP contribution in [0.2, 0.25) is 5.02 Å². The van der Waals surface area contributed by atoms with Gasteiger partial charge in [-0.25, -0.2) is 0 Å². The van der Waals surface area contributed by atoms with Crippen molar-refractivity contribution in [1.29, 1.82) is 0 Å². The van der Waals surface area contributed by atoms with Crippen molar-refractivity contribution < 1.29 is 19.1 Å². The van der Waals surface area contributed by atoms with Crippen LogP contribution < -0.4 is 10.6 Å². The van der Waals surface area contributed by atoms with Crippen LogP contribution in [0.1, 0.15) is 22.4 Å². The first-order valence-corrected chi connectivity index (χ1v) is 12.5. The number of hydrogen-bond donors (Lipinski definition) is 1. The molecule has 8 nitrogen and oxygen atoms in total. The van der Waals surface area contributed by atoms with Crippen molar-refractivity contribution in [1.82, 2.24) is 4.57 Å². The first-order valence-electron chi connectivity index (χ1n) is 12.1. The second-order valence-corrected chi connectivity index (χ2v) is 9.18. The Hall–Kier alpha value is -4.43. The summed E-state index contributed by atoms with van der Waals surface area (Å²) in [6.45, 7) is 5.69. The molecule has 3 aromatic carbocycles. The molecule has 0 aliphatic heterocycles. The van der Waals surface area contributed by atoms with Crippen LogP contribution in [0.15, 0.2) is 76.8 Å². The summed E-state index contributed by atoms with van der Waals surface area (Å²) in [5, 5.41) is 5.14. The standard InChI is InChI=1S/C23H24N4O4.C7H7Cl/c1-15-7-9-17(10-8-15)25-12-18(26-24)13-31-22(29)11-19-16(2)27(14-28)20-5-4-6-21(30-3)23(19)20;1-6-2-4-7(8)5-3-6/h4-10,12,14H,11,13,24H2,1-3H3;2-5H,1H3/b25-12?,26-18+;. The van der Waals surface area contributed by atoms with Crippen LogP contribution in [0.5, 0.6) is 5.75 Å². The lowest BCUT2D eigenvalue weighted by molar-refractivity contribution is -0.141. The van der Waals surface area contributed by atoms with Crippen molar-refractivity contribution in [2.75, 3.05) is 13.7 Å². The molecule has 1 heterocycles. The van der Waals surface area contributed by atoms with Gasteiger partial charge < -0.3 is 15.3 Å². The van der Waals surface area contributed by atoms with Crippen LogP contribution in [0.4, 0.5) is 5.69 Å². The topological polar surface area (TPSA) is 108 Å². The number of rotatable bonds is 8. The molecule has 9 heteroatoms. The van der Waals surface area contributed by atoms with Gasteiger partial charge in [-0.05, 0) is 62.7 Å². The lowest BCUT2D eigenvalue weighted by atomic mass is 10.1. The molecule has 0 amide bonds. The predicted octanol–water partition coefficient (Wildman–Crippen LogP) is 5.76. The largest absolute Gasteiger partial charge is 0.496 e. The molecular weight excluding hydrogens is 516 g/mol. The average Bonchev–Trinajstić information content (AvgIpc) is 3.21. The molecule has 0 aliphatic rings. The van der Waals surface area contributed by atoms with E-state index in [-0.39, 0.29) is 13.0 Å². The molecule has 0 aliphatic carbocycles. The van der Waals surface area contributed by atoms with Gasteiger partial charge in [0.25, 0.3) is 0 Å². The van der Waals surface area contributed by atoms with E-state index in [1.807, 2.05) is 62.4 Å². The number of nitrogens with two attached hydrogens (primary N) is 1. The number of methoxy groups -OCH3 is 1. The number of carbonyl (C=O) groups is 2. The lowest BCUT2D eigenvalue weighted by Gasteiger charge is -2.07. The summed E-state index contributed by atoms with van der Waals surface area (Å²) in [5.41, 5.74) is 5.42. The third kappa shape index (κ3) is 7.78. The van der Waals surface area contributed by atoms with Gasteiger partial charge in [-0.15, -0.1) is 0 Å². The second kappa shape index (κ2) is 13.9. The number of hydrazone groups is 1. The van der Waals surface area contributed by atoms with Gasteiger partial charge in [-0.2, -0.15) is 5.10 Å². The average molecular weight is 547 g/mol. The van der Waals surface area contributed by atoms with E-state index in [2.05, 4.69) is 10.1 Å². The number of ether oxygens (including phenoxy) is 2. The summed E-state index contributed by atoms with van der Waals surface area (Å²) in [6, 6.07) is 20.7. The highest BCUT2D eigenvalue weighted by Crippen LogP contribution is 2.33. The van der Waals surface area contributed by atoms with Crippen LogP contribution in [0.25, 0.3) is 10.9 Å². The third-order valence-electron chi connectivity index (χ3n) is 5.96. The molecule has 0 saturated heterocycles. The Labute approximate surface area is 232 Å². The summed E-state index contributed by atoms with van der Waals surface area (Å²) in [5.74, 6) is 5.50. The molecule has 0 bridgehead atoms. The number of carbonyl (C=O) groups excluding carboxylic acids is 2. The van der Waals surface area contributed by atoms with Gasteiger partial charge >= 0.3 is 5.97 Å². The molecule has 0 radical (unpaired) electrons. The fourth-order valence-corrected chi connectivity index (χ4v) is 3.95. The summed E-state index contributed by atoms with van der Waals surface area (Å²) in [7, 11) is 1.54. The minimum Gasteiger partial charge on any atom is -0.496 e. The van der Waals surface area contributed by atoms with Crippen molar-refractivity contribution in [2.24, 2.45) is 15.9 Å². The Morgan fingerprint density at radius 2 is 1.64 bits per heavy atom. The maximum Gasteiger partial charge on any atom is 0.310 e. The van der Waals surface area contributed by atoms with Crippen LogP contribution >= 0.6 is 11.6 Å². The Bertz CT molecular complexity index is 1470. The van der Waals surface area contributed by atoms with Crippen molar-refractivity contribution in [3.63, 3.8) is 0 Å². The molecule has 0 saturated carbocycles. The second-order valence-electron chi connectivity index (χ2n) is 8.74. The van der Waals surface area contributed by atoms with E-state index in [0.29, 0.717) is 40.0 Å². The number of aliphatic imine (C=N–C) groups is 1. The summed E-state index contributed by atoms with van der Waals surface area (Å²) >= 11 is 5.61. The van der Waals surface area contributed by atoms with Crippen molar-refractivity contribution in [3.8, 4) is 5.75 Å². The summed E-state index contributed by atoms with van der Waals surface area (Å²) in [6.07, 6.45) is 2.15. The molecular formula is C30H31ClN4O4. The smallest absolute Gasteiger partial charge is 0.310 e. The van der Waals surface area contributed by atoms with E-state index in [0.717, 1.165) is 16.3 Å².